The molecule has 118 valence electrons. The highest BCUT2D eigenvalue weighted by Crippen LogP contribution is 2.18. The number of benzene rings is 1. The van der Waals surface area contributed by atoms with Crippen LogP contribution in [0, 0.1) is 0 Å². The van der Waals surface area contributed by atoms with E-state index in [0.717, 1.165) is 11.4 Å². The lowest BCUT2D eigenvalue weighted by atomic mass is 10.0. The molecule has 0 radical (unpaired) electrons. The van der Waals surface area contributed by atoms with Gasteiger partial charge in [0.05, 0.1) is 0 Å². The predicted octanol–water partition coefficient (Wildman–Crippen LogP) is 4.13. The Morgan fingerprint density at radius 3 is 2.86 bits per heavy atom. The van der Waals surface area contributed by atoms with Crippen LogP contribution in [0.15, 0.2) is 24.3 Å². The van der Waals surface area contributed by atoms with Crippen LogP contribution in [0.3, 0.4) is 0 Å². The Bertz CT molecular complexity index is 421. The van der Waals surface area contributed by atoms with Crippen molar-refractivity contribution in [3.63, 3.8) is 0 Å². The van der Waals surface area contributed by atoms with Crippen molar-refractivity contribution in [2.24, 2.45) is 0 Å². The zero-order valence-corrected chi connectivity index (χ0v) is 14.2. The molecule has 0 amide bonds. The third-order valence-electron chi connectivity index (χ3n) is 4.36. The first-order valence-corrected chi connectivity index (χ1v) is 8.78. The molecule has 1 saturated heterocycles. The maximum atomic E-state index is 6.26. The molecule has 2 rings (SSSR count). The van der Waals surface area contributed by atoms with Gasteiger partial charge in [0, 0.05) is 17.1 Å². The second kappa shape index (κ2) is 8.77. The summed E-state index contributed by atoms with van der Waals surface area (Å²) in [5, 5.41) is 4.70. The van der Waals surface area contributed by atoms with Gasteiger partial charge in [0.25, 0.3) is 0 Å². The molecule has 0 aromatic heterocycles. The molecule has 0 saturated carbocycles. The van der Waals surface area contributed by atoms with Crippen molar-refractivity contribution < 1.29 is 0 Å². The minimum absolute atomic E-state index is 0.479. The summed E-state index contributed by atoms with van der Waals surface area (Å²) in [6.45, 7) is 8.31. The van der Waals surface area contributed by atoms with E-state index in [-0.39, 0.29) is 0 Å². The smallest absolute Gasteiger partial charge is 0.0438 e. The van der Waals surface area contributed by atoms with Gasteiger partial charge in [-0.1, -0.05) is 36.7 Å². The minimum atomic E-state index is 0.479. The number of halogens is 1. The zero-order chi connectivity index (χ0) is 15.1. The lowest BCUT2D eigenvalue weighted by Gasteiger charge is -2.23. The third-order valence-corrected chi connectivity index (χ3v) is 4.73. The second-order valence-electron chi connectivity index (χ2n) is 6.33. The maximum Gasteiger partial charge on any atom is 0.0438 e. The van der Waals surface area contributed by atoms with Gasteiger partial charge in [0.2, 0.25) is 0 Å². The van der Waals surface area contributed by atoms with Gasteiger partial charge in [0.15, 0.2) is 0 Å². The minimum Gasteiger partial charge on any atom is -0.311 e. The number of rotatable bonds is 6. The second-order valence-corrected chi connectivity index (χ2v) is 6.74. The Balaban J connectivity index is 1.80. The summed E-state index contributed by atoms with van der Waals surface area (Å²) in [5.41, 5.74) is 1.25. The fourth-order valence-corrected chi connectivity index (χ4v) is 3.53. The summed E-state index contributed by atoms with van der Waals surface area (Å²) in [4.78, 5) is 2.61. The molecule has 3 heteroatoms. The molecule has 1 fully saturated rings. The van der Waals surface area contributed by atoms with E-state index >= 15 is 0 Å². The van der Waals surface area contributed by atoms with Crippen LogP contribution in [0.2, 0.25) is 5.02 Å². The van der Waals surface area contributed by atoms with E-state index < -0.39 is 0 Å². The van der Waals surface area contributed by atoms with Crippen LogP contribution < -0.4 is 5.32 Å². The van der Waals surface area contributed by atoms with Gasteiger partial charge in [-0.25, -0.2) is 0 Å². The summed E-state index contributed by atoms with van der Waals surface area (Å²) < 4.78 is 0. The van der Waals surface area contributed by atoms with Crippen LogP contribution in [0.1, 0.15) is 45.1 Å². The third kappa shape index (κ3) is 5.61. The van der Waals surface area contributed by atoms with Crippen molar-refractivity contribution in [1.82, 2.24) is 10.2 Å². The lowest BCUT2D eigenvalue weighted by molar-refractivity contribution is 0.281. The van der Waals surface area contributed by atoms with Crippen molar-refractivity contribution in [2.75, 3.05) is 19.6 Å². The molecule has 1 aliphatic heterocycles. The molecular formula is C18H29ClN2. The van der Waals surface area contributed by atoms with Gasteiger partial charge in [-0.05, 0) is 70.3 Å². The summed E-state index contributed by atoms with van der Waals surface area (Å²) in [6.07, 6.45) is 6.16. The van der Waals surface area contributed by atoms with Crippen LogP contribution in [0.5, 0.6) is 0 Å². The van der Waals surface area contributed by atoms with Crippen LogP contribution in [0.25, 0.3) is 0 Å². The molecule has 1 aliphatic rings. The Morgan fingerprint density at radius 2 is 2.10 bits per heavy atom. The Kier molecular flexibility index (Phi) is 7.01. The lowest BCUT2D eigenvalue weighted by Crippen LogP contribution is -2.38. The molecule has 1 aromatic carbocycles. The highest BCUT2D eigenvalue weighted by Gasteiger charge is 2.18. The zero-order valence-electron chi connectivity index (χ0n) is 13.4. The highest BCUT2D eigenvalue weighted by molar-refractivity contribution is 6.31. The van der Waals surface area contributed by atoms with Gasteiger partial charge in [-0.2, -0.15) is 0 Å². The number of nitrogens with one attached hydrogen (secondary N) is 1. The Labute approximate surface area is 134 Å². The van der Waals surface area contributed by atoms with Crippen LogP contribution >= 0.6 is 11.6 Å². The molecular weight excluding hydrogens is 280 g/mol. The average molecular weight is 309 g/mol. The molecule has 21 heavy (non-hydrogen) atoms. The van der Waals surface area contributed by atoms with E-state index in [1.807, 2.05) is 12.1 Å². The molecule has 0 spiro atoms. The van der Waals surface area contributed by atoms with E-state index in [1.54, 1.807) is 0 Å². The molecule has 1 N–H and O–H groups in total. The maximum absolute atomic E-state index is 6.26. The number of likely N-dealkylation sites (tertiary alicyclic amines) is 1. The standard InChI is InChI=1S/C18H29ClN2/c1-3-11-21-12-6-8-17(10-13-21)20-15(2)14-16-7-4-5-9-18(16)19/h4-5,7,9,15,17,20H,3,6,8,10-14H2,1-2H3. The first-order valence-electron chi connectivity index (χ1n) is 8.41. The summed E-state index contributed by atoms with van der Waals surface area (Å²) in [7, 11) is 0. The number of hydrogen-bond acceptors (Lipinski definition) is 2. The fourth-order valence-electron chi connectivity index (χ4n) is 3.32. The molecule has 1 aromatic rings. The van der Waals surface area contributed by atoms with Crippen LogP contribution in [0.4, 0.5) is 0 Å². The first-order chi connectivity index (χ1) is 10.2. The largest absolute Gasteiger partial charge is 0.311 e. The van der Waals surface area contributed by atoms with Gasteiger partial charge >= 0.3 is 0 Å². The molecule has 2 unspecified atom stereocenters. The van der Waals surface area contributed by atoms with Crippen LogP contribution in [-0.2, 0) is 6.42 Å². The van der Waals surface area contributed by atoms with Gasteiger partial charge in [-0.15, -0.1) is 0 Å². The average Bonchev–Trinajstić information content (AvgIpc) is 2.67. The molecule has 2 nitrogen and oxygen atoms in total. The van der Waals surface area contributed by atoms with Gasteiger partial charge in [-0.3, -0.25) is 0 Å². The van der Waals surface area contributed by atoms with Gasteiger partial charge in [0.1, 0.15) is 0 Å². The molecule has 2 atom stereocenters. The number of hydrogen-bond donors (Lipinski definition) is 1. The molecule has 1 heterocycles. The summed E-state index contributed by atoms with van der Waals surface area (Å²) in [5.74, 6) is 0. The molecule has 0 bridgehead atoms. The van der Waals surface area contributed by atoms with E-state index in [1.165, 1.54) is 50.9 Å². The summed E-state index contributed by atoms with van der Waals surface area (Å²) >= 11 is 6.26. The topological polar surface area (TPSA) is 15.3 Å². The van der Waals surface area contributed by atoms with Crippen molar-refractivity contribution in [3.8, 4) is 0 Å². The number of nitrogens with zero attached hydrogens (tertiary/aromatic N) is 1. The van der Waals surface area contributed by atoms with Crippen molar-refractivity contribution in [1.29, 1.82) is 0 Å². The van der Waals surface area contributed by atoms with Crippen LogP contribution in [-0.4, -0.2) is 36.6 Å². The predicted molar refractivity (Wildman–Crippen MR) is 92.1 cm³/mol. The molecule has 0 aliphatic carbocycles. The van der Waals surface area contributed by atoms with Gasteiger partial charge < -0.3 is 10.2 Å². The highest BCUT2D eigenvalue weighted by atomic mass is 35.5. The van der Waals surface area contributed by atoms with E-state index in [9.17, 15) is 0 Å². The van der Waals surface area contributed by atoms with E-state index in [4.69, 9.17) is 11.6 Å². The van der Waals surface area contributed by atoms with Crippen molar-refractivity contribution >= 4 is 11.6 Å². The van der Waals surface area contributed by atoms with Crippen molar-refractivity contribution in [3.05, 3.63) is 34.9 Å². The monoisotopic (exact) mass is 308 g/mol. The Hall–Kier alpha value is -0.570. The van der Waals surface area contributed by atoms with E-state index in [0.29, 0.717) is 12.1 Å². The van der Waals surface area contributed by atoms with E-state index in [2.05, 4.69) is 36.2 Å². The summed E-state index contributed by atoms with van der Waals surface area (Å²) in [6, 6.07) is 9.32. The van der Waals surface area contributed by atoms with Crippen molar-refractivity contribution in [2.45, 2.75) is 58.0 Å². The SMILES string of the molecule is CCCN1CCCC(NC(C)Cc2ccccc2Cl)CC1. The fraction of sp³-hybridized carbons (Fsp3) is 0.667. The quantitative estimate of drug-likeness (QED) is 0.850. The normalized spacial score (nSPS) is 22.0. The first kappa shape index (κ1) is 16.8. The Morgan fingerprint density at radius 1 is 1.29 bits per heavy atom.